The fourth-order valence-electron chi connectivity index (χ4n) is 3.19. The Hall–Kier alpha value is -3.06. The smallest absolute Gasteiger partial charge is 0.330 e. The minimum absolute atomic E-state index is 0.276. The third-order valence-electron chi connectivity index (χ3n) is 4.50. The minimum Gasteiger partial charge on any atom is -0.479 e. The first-order valence-electron chi connectivity index (χ1n) is 8.06. The van der Waals surface area contributed by atoms with Crippen molar-refractivity contribution in [2.24, 2.45) is 0 Å². The highest BCUT2D eigenvalue weighted by molar-refractivity contribution is 7.16. The summed E-state index contributed by atoms with van der Waals surface area (Å²) >= 11 is 1.22. The summed E-state index contributed by atoms with van der Waals surface area (Å²) in [6, 6.07) is 11.2. The Morgan fingerprint density at radius 2 is 1.81 bits per heavy atom. The SMILES string of the molecule is O=C(NC1(C(=O)O)Cc2ccccc2C1)c1cnc(-c2cccnc2)s1. The molecule has 2 heterocycles. The molecule has 0 saturated heterocycles. The third kappa shape index (κ3) is 2.86. The highest BCUT2D eigenvalue weighted by atomic mass is 32.1. The zero-order valence-electron chi connectivity index (χ0n) is 13.7. The Labute approximate surface area is 153 Å². The van der Waals surface area contributed by atoms with Gasteiger partial charge in [0.2, 0.25) is 0 Å². The molecule has 0 atom stereocenters. The van der Waals surface area contributed by atoms with Crippen LogP contribution in [0.25, 0.3) is 10.6 Å². The van der Waals surface area contributed by atoms with Crippen LogP contribution >= 0.6 is 11.3 Å². The van der Waals surface area contributed by atoms with Crippen molar-refractivity contribution in [2.75, 3.05) is 0 Å². The Bertz CT molecular complexity index is 959. The lowest BCUT2D eigenvalue weighted by molar-refractivity contribution is -0.144. The maximum Gasteiger partial charge on any atom is 0.330 e. The summed E-state index contributed by atoms with van der Waals surface area (Å²) in [5, 5.41) is 13.2. The molecule has 0 unspecified atom stereocenters. The Balaban J connectivity index is 1.58. The summed E-state index contributed by atoms with van der Waals surface area (Å²) in [6.45, 7) is 0. The van der Waals surface area contributed by atoms with Crippen LogP contribution in [0.1, 0.15) is 20.8 Å². The summed E-state index contributed by atoms with van der Waals surface area (Å²) < 4.78 is 0. The number of pyridine rings is 1. The molecule has 7 heteroatoms. The molecule has 0 aliphatic heterocycles. The topological polar surface area (TPSA) is 92.2 Å². The van der Waals surface area contributed by atoms with Gasteiger partial charge in [-0.05, 0) is 23.3 Å². The molecule has 2 aromatic heterocycles. The van der Waals surface area contributed by atoms with E-state index in [0.29, 0.717) is 9.88 Å². The van der Waals surface area contributed by atoms with Crippen LogP contribution in [0.2, 0.25) is 0 Å². The number of aromatic nitrogens is 2. The van der Waals surface area contributed by atoms with Gasteiger partial charge in [-0.3, -0.25) is 9.78 Å². The molecule has 26 heavy (non-hydrogen) atoms. The van der Waals surface area contributed by atoms with E-state index in [1.165, 1.54) is 17.5 Å². The number of carbonyl (C=O) groups is 2. The number of benzene rings is 1. The monoisotopic (exact) mass is 365 g/mol. The van der Waals surface area contributed by atoms with E-state index in [2.05, 4.69) is 15.3 Å². The van der Waals surface area contributed by atoms with Gasteiger partial charge < -0.3 is 10.4 Å². The number of hydrogen-bond donors (Lipinski definition) is 2. The lowest BCUT2D eigenvalue weighted by Gasteiger charge is -2.25. The number of nitrogens with zero attached hydrogens (tertiary/aromatic N) is 2. The maximum atomic E-state index is 12.7. The predicted molar refractivity (Wildman–Crippen MR) is 97.0 cm³/mol. The molecule has 0 saturated carbocycles. The standard InChI is InChI=1S/C19H15N3O3S/c23-16(15-11-21-17(26-15)14-6-3-7-20-10-14)22-19(18(24)25)8-12-4-1-2-5-13(12)9-19/h1-7,10-11H,8-9H2,(H,22,23)(H,24,25). The van der Waals surface area contributed by atoms with Crippen molar-refractivity contribution >= 4 is 23.2 Å². The lowest BCUT2D eigenvalue weighted by Crippen LogP contribution is -2.55. The number of carboxylic acid groups (broad SMARTS) is 1. The quantitative estimate of drug-likeness (QED) is 0.741. The highest BCUT2D eigenvalue weighted by Gasteiger charge is 2.45. The molecule has 1 aliphatic carbocycles. The molecule has 3 aromatic rings. The largest absolute Gasteiger partial charge is 0.479 e. The van der Waals surface area contributed by atoms with E-state index in [0.717, 1.165) is 16.7 Å². The van der Waals surface area contributed by atoms with Crippen LogP contribution in [0.5, 0.6) is 0 Å². The van der Waals surface area contributed by atoms with Gasteiger partial charge in [0.15, 0.2) is 0 Å². The molecular weight excluding hydrogens is 350 g/mol. The first kappa shape index (κ1) is 16.4. The molecule has 130 valence electrons. The molecule has 0 fully saturated rings. The first-order valence-corrected chi connectivity index (χ1v) is 8.88. The van der Waals surface area contributed by atoms with Gasteiger partial charge in [0.05, 0.1) is 6.20 Å². The van der Waals surface area contributed by atoms with Gasteiger partial charge in [0.1, 0.15) is 15.4 Å². The number of rotatable bonds is 4. The fourth-order valence-corrected chi connectivity index (χ4v) is 3.99. The lowest BCUT2D eigenvalue weighted by atomic mass is 9.95. The van der Waals surface area contributed by atoms with E-state index in [4.69, 9.17) is 0 Å². The van der Waals surface area contributed by atoms with Gasteiger partial charge in [-0.2, -0.15) is 0 Å². The summed E-state index contributed by atoms with van der Waals surface area (Å²) in [6.07, 6.45) is 5.36. The number of carbonyl (C=O) groups excluding carboxylic acids is 1. The minimum atomic E-state index is -1.32. The molecule has 1 amide bonds. The van der Waals surface area contributed by atoms with Crippen LogP contribution in [-0.2, 0) is 17.6 Å². The van der Waals surface area contributed by atoms with Gasteiger partial charge in [-0.1, -0.05) is 24.3 Å². The van der Waals surface area contributed by atoms with Crippen LogP contribution in [-0.4, -0.2) is 32.5 Å². The van der Waals surface area contributed by atoms with E-state index in [1.807, 2.05) is 30.3 Å². The average molecular weight is 365 g/mol. The first-order chi connectivity index (χ1) is 12.6. The summed E-state index contributed by atoms with van der Waals surface area (Å²) in [4.78, 5) is 33.3. The van der Waals surface area contributed by atoms with E-state index >= 15 is 0 Å². The van der Waals surface area contributed by atoms with Gasteiger partial charge in [0.25, 0.3) is 5.91 Å². The van der Waals surface area contributed by atoms with Crippen molar-refractivity contribution in [2.45, 2.75) is 18.4 Å². The third-order valence-corrected chi connectivity index (χ3v) is 5.55. The second-order valence-electron chi connectivity index (χ2n) is 6.24. The summed E-state index contributed by atoms with van der Waals surface area (Å²) in [5.74, 6) is -1.45. The van der Waals surface area contributed by atoms with E-state index < -0.39 is 17.4 Å². The number of thiazole rings is 1. The summed E-state index contributed by atoms with van der Waals surface area (Å²) in [7, 11) is 0. The van der Waals surface area contributed by atoms with Gasteiger partial charge in [-0.25, -0.2) is 9.78 Å². The van der Waals surface area contributed by atoms with E-state index in [-0.39, 0.29) is 12.8 Å². The van der Waals surface area contributed by atoms with Gasteiger partial charge >= 0.3 is 5.97 Å². The van der Waals surface area contributed by atoms with Crippen LogP contribution in [0.4, 0.5) is 0 Å². The van der Waals surface area contributed by atoms with Crippen LogP contribution in [0.15, 0.2) is 55.0 Å². The maximum absolute atomic E-state index is 12.7. The number of nitrogens with one attached hydrogen (secondary N) is 1. The van der Waals surface area contributed by atoms with Crippen LogP contribution in [0, 0.1) is 0 Å². The number of fused-ring (bicyclic) bond motifs is 1. The Morgan fingerprint density at radius 3 is 2.42 bits per heavy atom. The zero-order chi connectivity index (χ0) is 18.1. The molecule has 0 spiro atoms. The molecule has 0 bridgehead atoms. The van der Waals surface area contributed by atoms with Crippen molar-refractivity contribution in [1.29, 1.82) is 0 Å². The van der Waals surface area contributed by atoms with Gasteiger partial charge in [0, 0.05) is 30.8 Å². The van der Waals surface area contributed by atoms with Crippen LogP contribution in [0.3, 0.4) is 0 Å². The molecular formula is C19H15N3O3S. The second-order valence-corrected chi connectivity index (χ2v) is 7.27. The van der Waals surface area contributed by atoms with Crippen molar-refractivity contribution in [3.8, 4) is 10.6 Å². The van der Waals surface area contributed by atoms with Crippen molar-refractivity contribution in [3.63, 3.8) is 0 Å². The summed E-state index contributed by atoms with van der Waals surface area (Å²) in [5.41, 5.74) is 1.41. The number of amides is 1. The molecule has 1 aromatic carbocycles. The Kier molecular flexibility index (Phi) is 4.00. The molecule has 6 nitrogen and oxygen atoms in total. The molecule has 1 aliphatic rings. The number of carboxylic acids is 1. The fraction of sp³-hybridized carbons (Fsp3) is 0.158. The molecule has 4 rings (SSSR count). The highest BCUT2D eigenvalue weighted by Crippen LogP contribution is 2.31. The predicted octanol–water partition coefficient (Wildman–Crippen LogP) is 2.56. The van der Waals surface area contributed by atoms with E-state index in [1.54, 1.807) is 18.5 Å². The zero-order valence-corrected chi connectivity index (χ0v) is 14.5. The van der Waals surface area contributed by atoms with E-state index in [9.17, 15) is 14.7 Å². The molecule has 2 N–H and O–H groups in total. The number of hydrogen-bond acceptors (Lipinski definition) is 5. The van der Waals surface area contributed by atoms with Crippen molar-refractivity contribution in [1.82, 2.24) is 15.3 Å². The number of aliphatic carboxylic acids is 1. The molecule has 0 radical (unpaired) electrons. The normalized spacial score (nSPS) is 14.6. The average Bonchev–Trinajstić information content (AvgIpc) is 3.28. The van der Waals surface area contributed by atoms with Crippen molar-refractivity contribution in [3.05, 3.63) is 71.0 Å². The second kappa shape index (κ2) is 6.34. The van der Waals surface area contributed by atoms with Gasteiger partial charge in [-0.15, -0.1) is 11.3 Å². The van der Waals surface area contributed by atoms with Crippen LogP contribution < -0.4 is 5.32 Å². The van der Waals surface area contributed by atoms with Crippen molar-refractivity contribution < 1.29 is 14.7 Å². The Morgan fingerprint density at radius 1 is 1.08 bits per heavy atom.